The maximum absolute atomic E-state index is 5.88. The summed E-state index contributed by atoms with van der Waals surface area (Å²) in [6.07, 6.45) is 0. The van der Waals surface area contributed by atoms with Gasteiger partial charge in [0.2, 0.25) is 5.75 Å². The maximum atomic E-state index is 5.88. The van der Waals surface area contributed by atoms with Crippen LogP contribution in [0.25, 0.3) is 0 Å². The van der Waals surface area contributed by atoms with Crippen LogP contribution in [0.5, 0.6) is 69.0 Å². The maximum Gasteiger partial charge on any atom is 0.203 e. The Kier molecular flexibility index (Phi) is 36.8. The summed E-state index contributed by atoms with van der Waals surface area (Å²) in [7, 11) is 18.0. The van der Waals surface area contributed by atoms with Gasteiger partial charge in [0.15, 0.2) is 23.0 Å². The molecule has 0 spiro atoms. The topological polar surface area (TPSA) is 111 Å². The largest absolute Gasteiger partial charge is 0.497 e. The van der Waals surface area contributed by atoms with Crippen molar-refractivity contribution >= 4 is 23.2 Å². The molecule has 0 amide bonds. The highest BCUT2D eigenvalue weighted by Gasteiger charge is 2.11. The van der Waals surface area contributed by atoms with Crippen molar-refractivity contribution < 1.29 is 56.8 Å². The van der Waals surface area contributed by atoms with Crippen LogP contribution in [0.2, 0.25) is 10.0 Å². The van der Waals surface area contributed by atoms with Crippen molar-refractivity contribution in [1.82, 2.24) is 0 Å². The number of methoxy groups -OCH3 is 11. The molecule has 0 aliphatic heterocycles. The molecule has 0 N–H and O–H groups in total. The van der Waals surface area contributed by atoms with E-state index in [0.717, 1.165) is 79.6 Å². The Labute approximate surface area is 512 Å². The molecule has 0 aliphatic rings. The average molecular weight is 1190 g/mol. The number of halogens is 2. The van der Waals surface area contributed by atoms with E-state index in [2.05, 4.69) is 45.0 Å². The van der Waals surface area contributed by atoms with Crippen LogP contribution in [-0.2, 0) is 0 Å². The van der Waals surface area contributed by atoms with Crippen molar-refractivity contribution in [2.45, 2.75) is 69.2 Å². The second kappa shape index (κ2) is 41.9. The van der Waals surface area contributed by atoms with E-state index in [-0.39, 0.29) is 0 Å². The van der Waals surface area contributed by atoms with Crippen LogP contribution in [0.3, 0.4) is 0 Å². The van der Waals surface area contributed by atoms with Gasteiger partial charge in [-0.15, -0.1) is 0 Å². The second-order valence-corrected chi connectivity index (χ2v) is 19.2. The van der Waals surface area contributed by atoms with Crippen molar-refractivity contribution in [2.75, 3.05) is 84.8 Å². The van der Waals surface area contributed by atoms with Gasteiger partial charge >= 0.3 is 0 Å². The van der Waals surface area contributed by atoms with Crippen LogP contribution >= 0.6 is 23.2 Å². The van der Waals surface area contributed by atoms with Crippen molar-refractivity contribution in [3.05, 3.63) is 212 Å². The molecular weight excluding hydrogens is 1100 g/mol. The van der Waals surface area contributed by atoms with Gasteiger partial charge in [-0.05, 0) is 205 Å². The predicted octanol–water partition coefficient (Wildman–Crippen LogP) is 18.1. The molecular formula is C70H90Cl2O12. The van der Waals surface area contributed by atoms with Crippen molar-refractivity contribution in [1.29, 1.82) is 0 Å². The van der Waals surface area contributed by atoms with Crippen LogP contribution in [0.15, 0.2) is 152 Å². The molecule has 0 atom stereocenters. The van der Waals surface area contributed by atoms with E-state index < -0.39 is 0 Å². The van der Waals surface area contributed by atoms with Crippen LogP contribution in [0.4, 0.5) is 0 Å². The minimum atomic E-state index is 0.635. The fourth-order valence-electron chi connectivity index (χ4n) is 7.07. The molecule has 0 heterocycles. The zero-order valence-corrected chi connectivity index (χ0v) is 54.8. The molecule has 0 aromatic heterocycles. The van der Waals surface area contributed by atoms with Crippen LogP contribution in [0.1, 0.15) is 57.0 Å². The molecule has 14 heteroatoms. The van der Waals surface area contributed by atoms with Gasteiger partial charge in [-0.25, -0.2) is 0 Å². The summed E-state index contributed by atoms with van der Waals surface area (Å²) in [6, 6.07) is 48.9. The molecule has 0 fully saturated rings. The van der Waals surface area contributed by atoms with Crippen LogP contribution in [0, 0.1) is 62.3 Å². The molecule has 8 rings (SSSR count). The van der Waals surface area contributed by atoms with E-state index in [1.54, 1.807) is 78.2 Å². The highest BCUT2D eigenvalue weighted by atomic mass is 35.5. The standard InChI is InChI=1S/C10H14O3.C9H11ClO.3C9H12O2.C8H9ClO.C8H10O.C8H10/c1-7-5-8(11-2)10(13-4)9(6-7)12-3;1-3-11-9-5-4-7(2)6-8(9)10;1-7-4-8(10-2)6-9(5-7)11-3;1-7-6-8(10-2)4-5-9(7)11-3;1-7-4-5-8(10-2)9(6-7)11-3;1-6-3-4-8(10-2)7(9)5-6;1-7-3-5-8(9-2)6-4-7;1-7-5-3-4-6-8(7)2/h5-6H,1-4H3;4-6H,3H2,1-2H3;3*4-6H,1-3H3;3-5H,1-2H3;3-6H,1-2H3;3-6H,1-2H3. The smallest absolute Gasteiger partial charge is 0.203 e. The summed E-state index contributed by atoms with van der Waals surface area (Å²) in [5.41, 5.74) is 10.8. The summed E-state index contributed by atoms with van der Waals surface area (Å²) in [5, 5.41) is 1.36. The first-order valence-electron chi connectivity index (χ1n) is 26.8. The van der Waals surface area contributed by atoms with Crippen molar-refractivity contribution in [3.8, 4) is 69.0 Å². The highest BCUT2D eigenvalue weighted by Crippen LogP contribution is 2.38. The molecule has 0 saturated carbocycles. The molecule has 12 nitrogen and oxygen atoms in total. The van der Waals surface area contributed by atoms with Gasteiger partial charge in [0.25, 0.3) is 0 Å². The summed E-state index contributed by atoms with van der Waals surface area (Å²) < 4.78 is 61.1. The number of hydrogen-bond donors (Lipinski definition) is 0. The van der Waals surface area contributed by atoms with Crippen molar-refractivity contribution in [2.24, 2.45) is 0 Å². The number of ether oxygens (including phenoxy) is 12. The Hall–Kier alpha value is -8.06. The molecule has 84 heavy (non-hydrogen) atoms. The van der Waals surface area contributed by atoms with E-state index in [9.17, 15) is 0 Å². The van der Waals surface area contributed by atoms with Gasteiger partial charge in [-0.1, -0.05) is 83.4 Å². The minimum Gasteiger partial charge on any atom is -0.497 e. The van der Waals surface area contributed by atoms with Gasteiger partial charge in [0, 0.05) is 6.07 Å². The molecule has 0 saturated heterocycles. The van der Waals surface area contributed by atoms with E-state index in [4.69, 9.17) is 80.0 Å². The summed E-state index contributed by atoms with van der Waals surface area (Å²) in [4.78, 5) is 0. The van der Waals surface area contributed by atoms with Gasteiger partial charge in [-0.3, -0.25) is 0 Å². The van der Waals surface area contributed by atoms with Gasteiger partial charge in [0.05, 0.1) is 94.9 Å². The molecule has 8 aromatic rings. The molecule has 0 radical (unpaired) electrons. The predicted molar refractivity (Wildman–Crippen MR) is 347 cm³/mol. The lowest BCUT2D eigenvalue weighted by molar-refractivity contribution is 0.324. The molecule has 0 unspecified atom stereocenters. The SMILES string of the molecule is CCOc1ccc(C)cc1Cl.COc1cc(C)cc(OC)c1.COc1cc(C)cc(OC)c1OC.COc1ccc(C)cc1.COc1ccc(C)cc1Cl.COc1ccc(C)cc1OC.COc1ccc(OC)c(C)c1.Cc1ccccc1C. The van der Waals surface area contributed by atoms with E-state index >= 15 is 0 Å². The quantitative estimate of drug-likeness (QED) is 0.110. The summed E-state index contributed by atoms with van der Waals surface area (Å²) in [6.45, 7) is 20.9. The molecule has 456 valence electrons. The fraction of sp³-hybridized carbons (Fsp3) is 0.314. The second-order valence-electron chi connectivity index (χ2n) is 18.4. The fourth-order valence-corrected chi connectivity index (χ4v) is 7.67. The average Bonchev–Trinajstić information content (AvgIpc) is 3.59. The lowest BCUT2D eigenvalue weighted by Gasteiger charge is -2.12. The molecule has 8 aromatic carbocycles. The van der Waals surface area contributed by atoms with E-state index in [1.807, 2.05) is 176 Å². The lowest BCUT2D eigenvalue weighted by Crippen LogP contribution is -1.95. The third-order valence-electron chi connectivity index (χ3n) is 11.8. The van der Waals surface area contributed by atoms with Gasteiger partial charge in [0.1, 0.15) is 40.2 Å². The normalized spacial score (nSPS) is 9.42. The third kappa shape index (κ3) is 28.3. The first kappa shape index (κ1) is 74.0. The Morgan fingerprint density at radius 2 is 0.631 bits per heavy atom. The number of aryl methyl sites for hydroxylation is 9. The third-order valence-corrected chi connectivity index (χ3v) is 12.4. The summed E-state index contributed by atoms with van der Waals surface area (Å²) in [5.74, 6) is 9.42. The number of rotatable bonds is 13. The van der Waals surface area contributed by atoms with Crippen LogP contribution < -0.4 is 56.8 Å². The zero-order valence-electron chi connectivity index (χ0n) is 53.3. The first-order valence-corrected chi connectivity index (χ1v) is 27.6. The Morgan fingerprint density at radius 1 is 0.262 bits per heavy atom. The molecule has 0 bridgehead atoms. The number of benzene rings is 8. The Bertz CT molecular complexity index is 3040. The summed E-state index contributed by atoms with van der Waals surface area (Å²) >= 11 is 11.7. The molecule has 0 aliphatic carbocycles. The van der Waals surface area contributed by atoms with Gasteiger partial charge in [-0.2, -0.15) is 0 Å². The minimum absolute atomic E-state index is 0.635. The highest BCUT2D eigenvalue weighted by molar-refractivity contribution is 6.32. The van der Waals surface area contributed by atoms with Crippen LogP contribution in [-0.4, -0.2) is 84.8 Å². The van der Waals surface area contributed by atoms with E-state index in [1.165, 1.54) is 22.3 Å². The lowest BCUT2D eigenvalue weighted by atomic mass is 10.1. The Balaban J connectivity index is 0.000000481. The van der Waals surface area contributed by atoms with Gasteiger partial charge < -0.3 is 56.8 Å². The van der Waals surface area contributed by atoms with E-state index in [0.29, 0.717) is 33.9 Å². The zero-order chi connectivity index (χ0) is 63.1. The number of hydrogen-bond acceptors (Lipinski definition) is 12. The van der Waals surface area contributed by atoms with Crippen molar-refractivity contribution in [3.63, 3.8) is 0 Å². The monoisotopic (exact) mass is 1190 g/mol. The first-order chi connectivity index (χ1) is 40.1. The Morgan fingerprint density at radius 3 is 1.01 bits per heavy atom.